The summed E-state index contributed by atoms with van der Waals surface area (Å²) >= 11 is 0. The van der Waals surface area contributed by atoms with Crippen LogP contribution in [0.15, 0.2) is 12.3 Å². The zero-order valence-corrected chi connectivity index (χ0v) is 11.3. The van der Waals surface area contributed by atoms with E-state index in [0.717, 1.165) is 26.1 Å². The van der Waals surface area contributed by atoms with Crippen LogP contribution in [0.5, 0.6) is 0 Å². The summed E-state index contributed by atoms with van der Waals surface area (Å²) in [6, 6.07) is 2.03. The lowest BCUT2D eigenvalue weighted by Crippen LogP contribution is -2.31. The minimum atomic E-state index is -0.526. The van der Waals surface area contributed by atoms with Gasteiger partial charge in [0.2, 0.25) is 5.82 Å². The molecule has 0 amide bonds. The smallest absolute Gasteiger partial charge is 0.376 e. The number of hydrogen-bond acceptors (Lipinski definition) is 6. The predicted molar refractivity (Wildman–Crippen MR) is 70.0 cm³/mol. The Bertz CT molecular complexity index is 433. The molecule has 2 heterocycles. The fourth-order valence-electron chi connectivity index (χ4n) is 2.20. The van der Waals surface area contributed by atoms with Gasteiger partial charge >= 0.3 is 5.97 Å². The molecular weight excluding hydrogens is 246 g/mol. The molecule has 1 fully saturated rings. The molecule has 0 radical (unpaired) electrons. The van der Waals surface area contributed by atoms with Gasteiger partial charge in [0.05, 0.1) is 7.11 Å². The molecule has 1 aliphatic heterocycles. The van der Waals surface area contributed by atoms with Crippen LogP contribution < -0.4 is 5.32 Å². The number of esters is 1. The molecule has 1 unspecified atom stereocenters. The van der Waals surface area contributed by atoms with Crippen molar-refractivity contribution >= 4 is 11.8 Å². The molecule has 104 valence electrons. The average molecular weight is 265 g/mol. The molecule has 1 aromatic heterocycles. The normalized spacial score (nSPS) is 17.8. The van der Waals surface area contributed by atoms with Crippen molar-refractivity contribution in [1.82, 2.24) is 9.97 Å². The molecule has 0 saturated carbocycles. The van der Waals surface area contributed by atoms with Crippen LogP contribution in [0.25, 0.3) is 0 Å². The van der Waals surface area contributed by atoms with Crippen LogP contribution in [0.4, 0.5) is 5.82 Å². The number of aromatic nitrogens is 2. The van der Waals surface area contributed by atoms with Gasteiger partial charge in [-0.1, -0.05) is 0 Å². The quantitative estimate of drug-likeness (QED) is 0.831. The lowest BCUT2D eigenvalue weighted by Gasteiger charge is -2.28. The van der Waals surface area contributed by atoms with Gasteiger partial charge in [0.1, 0.15) is 5.82 Å². The van der Waals surface area contributed by atoms with E-state index in [2.05, 4.69) is 26.9 Å². The zero-order chi connectivity index (χ0) is 13.7. The number of anilines is 1. The Balaban J connectivity index is 1.99. The Kier molecular flexibility index (Phi) is 4.68. The second-order valence-corrected chi connectivity index (χ2v) is 4.64. The summed E-state index contributed by atoms with van der Waals surface area (Å²) in [7, 11) is 1.32. The third-order valence-corrected chi connectivity index (χ3v) is 3.37. The number of nitrogens with one attached hydrogen (secondary N) is 1. The Labute approximate surface area is 112 Å². The Hall–Kier alpha value is -1.69. The van der Waals surface area contributed by atoms with Crippen molar-refractivity contribution in [2.45, 2.75) is 25.8 Å². The summed E-state index contributed by atoms with van der Waals surface area (Å²) in [6.07, 6.45) is 3.64. The van der Waals surface area contributed by atoms with E-state index in [1.165, 1.54) is 7.11 Å². The highest BCUT2D eigenvalue weighted by atomic mass is 16.5. The van der Waals surface area contributed by atoms with Gasteiger partial charge in [-0.2, -0.15) is 0 Å². The third-order valence-electron chi connectivity index (χ3n) is 3.37. The molecular formula is C13H19N3O3. The third kappa shape index (κ3) is 3.64. The molecule has 1 aliphatic rings. The molecule has 0 aliphatic carbocycles. The van der Waals surface area contributed by atoms with Crippen molar-refractivity contribution in [3.05, 3.63) is 18.1 Å². The number of rotatable bonds is 4. The maximum absolute atomic E-state index is 11.4. The molecule has 0 spiro atoms. The highest BCUT2D eigenvalue weighted by Crippen LogP contribution is 2.21. The van der Waals surface area contributed by atoms with E-state index in [4.69, 9.17) is 4.74 Å². The van der Waals surface area contributed by atoms with Gasteiger partial charge < -0.3 is 14.8 Å². The van der Waals surface area contributed by atoms with Crippen LogP contribution >= 0.6 is 0 Å². The number of carbonyl (C=O) groups is 1. The van der Waals surface area contributed by atoms with Crippen molar-refractivity contribution in [3.63, 3.8) is 0 Å². The Morgan fingerprint density at radius 2 is 2.26 bits per heavy atom. The lowest BCUT2D eigenvalue weighted by molar-refractivity contribution is 0.0586. The van der Waals surface area contributed by atoms with Crippen LogP contribution in [0.2, 0.25) is 0 Å². The van der Waals surface area contributed by atoms with Gasteiger partial charge in [0.25, 0.3) is 0 Å². The number of nitrogens with zero attached hydrogens (tertiary/aromatic N) is 2. The maximum Gasteiger partial charge on any atom is 0.376 e. The van der Waals surface area contributed by atoms with Crippen LogP contribution in [0.1, 0.15) is 30.4 Å². The largest absolute Gasteiger partial charge is 0.463 e. The molecule has 2 rings (SSSR count). The van der Waals surface area contributed by atoms with Crippen molar-refractivity contribution in [2.24, 2.45) is 5.92 Å². The van der Waals surface area contributed by atoms with E-state index in [9.17, 15) is 4.79 Å². The van der Waals surface area contributed by atoms with E-state index in [-0.39, 0.29) is 11.9 Å². The highest BCUT2D eigenvalue weighted by molar-refractivity contribution is 5.85. The topological polar surface area (TPSA) is 73.3 Å². The SMILES string of the molecule is COC(=O)c1nccc(NC(C)C2CCOCC2)n1. The number of ether oxygens (including phenoxy) is 2. The van der Waals surface area contributed by atoms with Crippen molar-refractivity contribution in [3.8, 4) is 0 Å². The van der Waals surface area contributed by atoms with Crippen molar-refractivity contribution in [2.75, 3.05) is 25.6 Å². The summed E-state index contributed by atoms with van der Waals surface area (Å²) in [5.41, 5.74) is 0. The predicted octanol–water partition coefficient (Wildman–Crippen LogP) is 1.49. The molecule has 1 aromatic rings. The number of carbonyl (C=O) groups excluding carboxylic acids is 1. The second-order valence-electron chi connectivity index (χ2n) is 4.64. The minimum Gasteiger partial charge on any atom is -0.463 e. The van der Waals surface area contributed by atoms with E-state index >= 15 is 0 Å². The summed E-state index contributed by atoms with van der Waals surface area (Å²) in [6.45, 7) is 3.75. The summed E-state index contributed by atoms with van der Waals surface area (Å²) in [5, 5.41) is 3.32. The van der Waals surface area contributed by atoms with E-state index in [1.54, 1.807) is 12.3 Å². The zero-order valence-electron chi connectivity index (χ0n) is 11.3. The minimum absolute atomic E-state index is 0.0756. The standard InChI is InChI=1S/C13H19N3O3/c1-9(10-4-7-19-8-5-10)15-11-3-6-14-12(16-11)13(17)18-2/h3,6,9-10H,4-5,7-8H2,1-2H3,(H,14,15,16). The molecule has 6 nitrogen and oxygen atoms in total. The van der Waals surface area contributed by atoms with Gasteiger partial charge in [0, 0.05) is 25.5 Å². The van der Waals surface area contributed by atoms with Gasteiger partial charge in [-0.3, -0.25) is 0 Å². The van der Waals surface area contributed by atoms with Crippen LogP contribution in [0, 0.1) is 5.92 Å². The first kappa shape index (κ1) is 13.7. The van der Waals surface area contributed by atoms with Crippen molar-refractivity contribution < 1.29 is 14.3 Å². The molecule has 1 atom stereocenters. The first-order valence-electron chi connectivity index (χ1n) is 6.46. The number of methoxy groups -OCH3 is 1. The first-order valence-corrected chi connectivity index (χ1v) is 6.46. The molecule has 6 heteroatoms. The van der Waals surface area contributed by atoms with Gasteiger partial charge in [0.15, 0.2) is 0 Å². The van der Waals surface area contributed by atoms with Crippen molar-refractivity contribution in [1.29, 1.82) is 0 Å². The Morgan fingerprint density at radius 1 is 1.53 bits per heavy atom. The fraction of sp³-hybridized carbons (Fsp3) is 0.615. The fourth-order valence-corrected chi connectivity index (χ4v) is 2.20. The second kappa shape index (κ2) is 6.47. The van der Waals surface area contributed by atoms with E-state index in [1.807, 2.05) is 0 Å². The lowest BCUT2D eigenvalue weighted by atomic mass is 9.93. The van der Waals surface area contributed by atoms with Crippen LogP contribution in [-0.2, 0) is 9.47 Å². The van der Waals surface area contributed by atoms with Gasteiger partial charge in [-0.05, 0) is 31.7 Å². The monoisotopic (exact) mass is 265 g/mol. The summed E-state index contributed by atoms with van der Waals surface area (Å²) < 4.78 is 9.95. The molecule has 19 heavy (non-hydrogen) atoms. The van der Waals surface area contributed by atoms with E-state index in [0.29, 0.717) is 11.7 Å². The summed E-state index contributed by atoms with van der Waals surface area (Å²) in [4.78, 5) is 19.4. The first-order chi connectivity index (χ1) is 9.20. The van der Waals surface area contributed by atoms with Crippen LogP contribution in [-0.4, -0.2) is 42.3 Å². The van der Waals surface area contributed by atoms with Gasteiger partial charge in [-0.15, -0.1) is 0 Å². The number of hydrogen-bond donors (Lipinski definition) is 1. The van der Waals surface area contributed by atoms with Gasteiger partial charge in [-0.25, -0.2) is 14.8 Å². The average Bonchev–Trinajstić information content (AvgIpc) is 2.47. The molecule has 0 bridgehead atoms. The van der Waals surface area contributed by atoms with Crippen LogP contribution in [0.3, 0.4) is 0 Å². The maximum atomic E-state index is 11.4. The molecule has 1 saturated heterocycles. The highest BCUT2D eigenvalue weighted by Gasteiger charge is 2.21. The Morgan fingerprint density at radius 3 is 2.95 bits per heavy atom. The molecule has 1 N–H and O–H groups in total. The summed E-state index contributed by atoms with van der Waals surface area (Å²) in [5.74, 6) is 0.758. The molecule has 0 aromatic carbocycles. The van der Waals surface area contributed by atoms with E-state index < -0.39 is 5.97 Å².